The molecule has 3 heteroatoms. The predicted octanol–water partition coefficient (Wildman–Crippen LogP) is 3.78. The lowest BCUT2D eigenvalue weighted by Crippen LogP contribution is -2.34. The van der Waals surface area contributed by atoms with Gasteiger partial charge in [-0.15, -0.1) is 0 Å². The number of carbonyl (C=O) groups is 1. The van der Waals surface area contributed by atoms with Gasteiger partial charge in [0.2, 0.25) is 0 Å². The lowest BCUT2D eigenvalue weighted by atomic mass is 10.0. The molecule has 0 radical (unpaired) electrons. The van der Waals surface area contributed by atoms with Crippen molar-refractivity contribution in [1.82, 2.24) is 5.32 Å². The van der Waals surface area contributed by atoms with Crippen LogP contribution in [0.3, 0.4) is 0 Å². The number of hydrogen-bond acceptors (Lipinski definition) is 3. The van der Waals surface area contributed by atoms with Gasteiger partial charge in [0.15, 0.2) is 0 Å². The van der Waals surface area contributed by atoms with Crippen LogP contribution in [-0.4, -0.2) is 18.6 Å². The predicted molar refractivity (Wildman–Crippen MR) is 86.9 cm³/mol. The molecule has 2 unspecified atom stereocenters. The highest BCUT2D eigenvalue weighted by atomic mass is 16.5. The van der Waals surface area contributed by atoms with E-state index in [1.165, 1.54) is 6.42 Å². The molecule has 0 aromatic heterocycles. The lowest BCUT2D eigenvalue weighted by molar-refractivity contribution is -0.149. The third-order valence-electron chi connectivity index (χ3n) is 3.58. The van der Waals surface area contributed by atoms with Crippen molar-refractivity contribution in [3.63, 3.8) is 0 Å². The minimum absolute atomic E-state index is 0.116. The Morgan fingerprint density at radius 3 is 2.38 bits per heavy atom. The Hall–Kier alpha value is -1.35. The standard InChI is InChI=1S/C18H29NO2/c1-14(2)10-11-16(4)19-12-15(3)18(20)21-13-17-8-6-5-7-9-17/h5-9,14-16,19H,10-13H2,1-4H3. The Morgan fingerprint density at radius 2 is 1.76 bits per heavy atom. The minimum Gasteiger partial charge on any atom is -0.461 e. The van der Waals surface area contributed by atoms with Crippen LogP contribution in [-0.2, 0) is 16.1 Å². The van der Waals surface area contributed by atoms with Gasteiger partial charge in [0, 0.05) is 12.6 Å². The van der Waals surface area contributed by atoms with Crippen LogP contribution in [0.4, 0.5) is 0 Å². The highest BCUT2D eigenvalue weighted by molar-refractivity contribution is 5.72. The summed E-state index contributed by atoms with van der Waals surface area (Å²) in [5.74, 6) is 0.472. The van der Waals surface area contributed by atoms with Crippen molar-refractivity contribution in [2.24, 2.45) is 11.8 Å². The topological polar surface area (TPSA) is 38.3 Å². The summed E-state index contributed by atoms with van der Waals surface area (Å²) in [5.41, 5.74) is 1.02. The van der Waals surface area contributed by atoms with Crippen LogP contribution < -0.4 is 5.32 Å². The average molecular weight is 291 g/mol. The second-order valence-corrected chi connectivity index (χ2v) is 6.27. The molecule has 0 aliphatic carbocycles. The monoisotopic (exact) mass is 291 g/mol. The average Bonchev–Trinajstić information content (AvgIpc) is 2.49. The molecule has 0 saturated heterocycles. The van der Waals surface area contributed by atoms with Crippen LogP contribution in [0.1, 0.15) is 46.1 Å². The van der Waals surface area contributed by atoms with Crippen LogP contribution in [0.2, 0.25) is 0 Å². The zero-order valence-electron chi connectivity index (χ0n) is 13.8. The molecule has 1 rings (SSSR count). The summed E-state index contributed by atoms with van der Waals surface area (Å²) in [7, 11) is 0. The molecule has 1 N–H and O–H groups in total. The summed E-state index contributed by atoms with van der Waals surface area (Å²) >= 11 is 0. The molecule has 0 bridgehead atoms. The Kier molecular flexibility index (Phi) is 8.06. The molecule has 3 nitrogen and oxygen atoms in total. The SMILES string of the molecule is CC(C)CCC(C)NCC(C)C(=O)OCc1ccccc1. The van der Waals surface area contributed by atoms with E-state index < -0.39 is 0 Å². The molecule has 118 valence electrons. The van der Waals surface area contributed by atoms with Gasteiger partial charge in [-0.3, -0.25) is 4.79 Å². The molecule has 0 amide bonds. The van der Waals surface area contributed by atoms with Crippen molar-refractivity contribution in [2.75, 3.05) is 6.54 Å². The summed E-state index contributed by atoms with van der Waals surface area (Å²) in [6.45, 7) is 9.58. The van der Waals surface area contributed by atoms with Crippen LogP contribution in [0.25, 0.3) is 0 Å². The fourth-order valence-corrected chi connectivity index (χ4v) is 2.02. The van der Waals surface area contributed by atoms with E-state index in [9.17, 15) is 4.79 Å². The molecule has 0 aliphatic heterocycles. The second-order valence-electron chi connectivity index (χ2n) is 6.27. The van der Waals surface area contributed by atoms with E-state index in [1.807, 2.05) is 37.3 Å². The number of carbonyl (C=O) groups excluding carboxylic acids is 1. The molecule has 0 aliphatic rings. The normalized spacial score (nSPS) is 14.0. The quantitative estimate of drug-likeness (QED) is 0.704. The van der Waals surface area contributed by atoms with Crippen molar-refractivity contribution < 1.29 is 9.53 Å². The molecule has 0 fully saturated rings. The van der Waals surface area contributed by atoms with Crippen molar-refractivity contribution >= 4 is 5.97 Å². The highest BCUT2D eigenvalue weighted by Gasteiger charge is 2.15. The van der Waals surface area contributed by atoms with E-state index in [1.54, 1.807) is 0 Å². The maximum atomic E-state index is 11.9. The number of nitrogens with one attached hydrogen (secondary N) is 1. The molecule has 2 atom stereocenters. The third-order valence-corrected chi connectivity index (χ3v) is 3.58. The third kappa shape index (κ3) is 7.86. The zero-order chi connectivity index (χ0) is 15.7. The van der Waals surface area contributed by atoms with E-state index in [-0.39, 0.29) is 11.9 Å². The first-order valence-corrected chi connectivity index (χ1v) is 7.93. The molecule has 0 spiro atoms. The van der Waals surface area contributed by atoms with Gasteiger partial charge in [-0.25, -0.2) is 0 Å². The number of esters is 1. The smallest absolute Gasteiger partial charge is 0.310 e. The van der Waals surface area contributed by atoms with E-state index in [4.69, 9.17) is 4.74 Å². The van der Waals surface area contributed by atoms with Gasteiger partial charge in [-0.2, -0.15) is 0 Å². The van der Waals surface area contributed by atoms with E-state index in [0.29, 0.717) is 19.2 Å². The van der Waals surface area contributed by atoms with Gasteiger partial charge in [-0.05, 0) is 31.2 Å². The minimum atomic E-state index is -0.137. The molecular weight excluding hydrogens is 262 g/mol. The second kappa shape index (κ2) is 9.56. The molecule has 21 heavy (non-hydrogen) atoms. The van der Waals surface area contributed by atoms with Crippen LogP contribution in [0.5, 0.6) is 0 Å². The maximum Gasteiger partial charge on any atom is 0.310 e. The van der Waals surface area contributed by atoms with Crippen LogP contribution in [0.15, 0.2) is 30.3 Å². The van der Waals surface area contributed by atoms with Crippen molar-refractivity contribution in [2.45, 2.75) is 53.2 Å². The molecule has 1 aromatic carbocycles. The zero-order valence-corrected chi connectivity index (χ0v) is 13.8. The van der Waals surface area contributed by atoms with E-state index in [0.717, 1.165) is 17.9 Å². The number of hydrogen-bond donors (Lipinski definition) is 1. The van der Waals surface area contributed by atoms with Crippen LogP contribution in [0, 0.1) is 11.8 Å². The summed E-state index contributed by atoms with van der Waals surface area (Å²) < 4.78 is 5.34. The van der Waals surface area contributed by atoms with Gasteiger partial charge in [0.05, 0.1) is 5.92 Å². The molecule has 0 heterocycles. The van der Waals surface area contributed by atoms with Crippen molar-refractivity contribution in [3.05, 3.63) is 35.9 Å². The summed E-state index contributed by atoms with van der Waals surface area (Å²) in [4.78, 5) is 11.9. The van der Waals surface area contributed by atoms with Crippen molar-refractivity contribution in [3.8, 4) is 0 Å². The van der Waals surface area contributed by atoms with Gasteiger partial charge in [-0.1, -0.05) is 51.1 Å². The van der Waals surface area contributed by atoms with Crippen molar-refractivity contribution in [1.29, 1.82) is 0 Å². The van der Waals surface area contributed by atoms with Gasteiger partial charge >= 0.3 is 5.97 Å². The molecule has 0 saturated carbocycles. The Bertz CT molecular complexity index is 403. The van der Waals surface area contributed by atoms with Gasteiger partial charge < -0.3 is 10.1 Å². The fourth-order valence-electron chi connectivity index (χ4n) is 2.02. The first-order chi connectivity index (χ1) is 9.99. The molecule has 1 aromatic rings. The Labute approximate surface area is 129 Å². The number of ether oxygens (including phenoxy) is 1. The summed E-state index contributed by atoms with van der Waals surface area (Å²) in [6, 6.07) is 10.2. The van der Waals surface area contributed by atoms with E-state index >= 15 is 0 Å². The summed E-state index contributed by atoms with van der Waals surface area (Å²) in [5, 5.41) is 3.42. The summed E-state index contributed by atoms with van der Waals surface area (Å²) in [6.07, 6.45) is 2.35. The van der Waals surface area contributed by atoms with Gasteiger partial charge in [0.25, 0.3) is 0 Å². The molecular formula is C18H29NO2. The lowest BCUT2D eigenvalue weighted by Gasteiger charge is -2.18. The first kappa shape index (κ1) is 17.7. The largest absolute Gasteiger partial charge is 0.461 e. The number of rotatable bonds is 9. The van der Waals surface area contributed by atoms with Crippen LogP contribution >= 0.6 is 0 Å². The van der Waals surface area contributed by atoms with E-state index in [2.05, 4.69) is 26.1 Å². The highest BCUT2D eigenvalue weighted by Crippen LogP contribution is 2.08. The Morgan fingerprint density at radius 1 is 1.10 bits per heavy atom. The first-order valence-electron chi connectivity index (χ1n) is 7.93. The fraction of sp³-hybridized carbons (Fsp3) is 0.611. The Balaban J connectivity index is 2.22. The maximum absolute atomic E-state index is 11.9. The number of benzene rings is 1. The van der Waals surface area contributed by atoms with Gasteiger partial charge in [0.1, 0.15) is 6.61 Å².